The van der Waals surface area contributed by atoms with Gasteiger partial charge in [0.25, 0.3) is 0 Å². The van der Waals surface area contributed by atoms with Gasteiger partial charge >= 0.3 is 0 Å². The summed E-state index contributed by atoms with van der Waals surface area (Å²) in [5.41, 5.74) is 0.301. The number of rotatable bonds is 2. The molecule has 0 N–H and O–H groups in total. The topological polar surface area (TPSA) is 12.5 Å². The van der Waals surface area contributed by atoms with Crippen LogP contribution in [0.4, 0.5) is 0 Å². The van der Waals surface area contributed by atoms with Gasteiger partial charge in [-0.15, -0.1) is 0 Å². The Labute approximate surface area is 76.2 Å². The van der Waals surface area contributed by atoms with E-state index in [0.717, 1.165) is 0 Å². The van der Waals surface area contributed by atoms with E-state index in [1.165, 1.54) is 25.8 Å². The van der Waals surface area contributed by atoms with Gasteiger partial charge in [0.05, 0.1) is 5.60 Å². The lowest BCUT2D eigenvalue weighted by molar-refractivity contribution is 0.183. The molecule has 0 radical (unpaired) electrons. The summed E-state index contributed by atoms with van der Waals surface area (Å²) in [6.45, 7) is 8.03. The Kier molecular flexibility index (Phi) is 2.18. The summed E-state index contributed by atoms with van der Waals surface area (Å²) in [6.07, 6.45) is 3.83. The molecule has 1 spiro atoms. The maximum absolute atomic E-state index is 6.03. The fraction of sp³-hybridized carbons (Fsp3) is 1.00. The third-order valence-corrected chi connectivity index (χ3v) is 4.98. The average molecular weight is 187 g/mol. The Hall–Kier alpha value is 0.350. The van der Waals surface area contributed by atoms with Gasteiger partial charge in [-0.05, 0) is 32.9 Å². The number of hydrogen-bond acceptors (Lipinski definition) is 2. The summed E-state index contributed by atoms with van der Waals surface area (Å²) in [5, 5.41) is 0. The highest BCUT2D eigenvalue weighted by atomic mass is 31.2. The molecule has 2 nitrogen and oxygen atoms in total. The second-order valence-electron chi connectivity index (χ2n) is 3.96. The first-order valence-corrected chi connectivity index (χ1v) is 6.55. The van der Waals surface area contributed by atoms with Crippen molar-refractivity contribution in [1.29, 1.82) is 0 Å². The highest BCUT2D eigenvalue weighted by molar-refractivity contribution is 7.49. The van der Waals surface area contributed by atoms with E-state index in [2.05, 4.69) is 25.2 Å². The SMILES string of the molecule is CCCN1[C@H](C)C2(CC2)OP1C. The molecule has 2 atom stereocenters. The van der Waals surface area contributed by atoms with Crippen LogP contribution in [0.3, 0.4) is 0 Å². The molecular weight excluding hydrogens is 169 g/mol. The standard InChI is InChI=1S/C9H18NOP/c1-4-7-10-8(2)9(5-6-9)11-12(10)3/h8H,4-7H2,1-3H3/t8-,12?/m1/s1. The Morgan fingerprint density at radius 3 is 2.67 bits per heavy atom. The van der Waals surface area contributed by atoms with E-state index < -0.39 is 0 Å². The molecule has 3 heteroatoms. The Morgan fingerprint density at radius 1 is 1.58 bits per heavy atom. The molecule has 2 fully saturated rings. The van der Waals surface area contributed by atoms with Crippen molar-refractivity contribution >= 4 is 8.30 Å². The van der Waals surface area contributed by atoms with Crippen LogP contribution in [-0.4, -0.2) is 29.5 Å². The van der Waals surface area contributed by atoms with Crippen molar-refractivity contribution in [3.63, 3.8) is 0 Å². The number of hydrogen-bond donors (Lipinski definition) is 0. The molecule has 0 bridgehead atoms. The predicted molar refractivity (Wildman–Crippen MR) is 52.4 cm³/mol. The summed E-state index contributed by atoms with van der Waals surface area (Å²) in [4.78, 5) is 0. The van der Waals surface area contributed by atoms with Crippen molar-refractivity contribution < 1.29 is 4.52 Å². The molecule has 2 rings (SSSR count). The normalized spacial score (nSPS) is 39.2. The third kappa shape index (κ3) is 1.21. The fourth-order valence-electron chi connectivity index (χ4n) is 2.10. The Balaban J connectivity index is 2.04. The summed E-state index contributed by atoms with van der Waals surface area (Å²) in [5.74, 6) is 0. The van der Waals surface area contributed by atoms with Gasteiger partial charge in [0.1, 0.15) is 8.30 Å². The summed E-state index contributed by atoms with van der Waals surface area (Å²) in [7, 11) is -0.266. The molecule has 70 valence electrons. The second kappa shape index (κ2) is 2.94. The molecule has 1 aliphatic heterocycles. The van der Waals surface area contributed by atoms with Crippen molar-refractivity contribution in [2.24, 2.45) is 0 Å². The van der Waals surface area contributed by atoms with E-state index in [-0.39, 0.29) is 8.30 Å². The molecule has 0 aromatic rings. The Bertz CT molecular complexity index is 181. The fourth-order valence-corrected chi connectivity index (χ4v) is 4.25. The zero-order valence-corrected chi connectivity index (χ0v) is 9.10. The molecule has 1 unspecified atom stereocenters. The smallest absolute Gasteiger partial charge is 0.102 e. The van der Waals surface area contributed by atoms with E-state index in [0.29, 0.717) is 11.6 Å². The van der Waals surface area contributed by atoms with Crippen molar-refractivity contribution in [2.75, 3.05) is 13.2 Å². The molecule has 2 aliphatic rings. The van der Waals surface area contributed by atoms with Gasteiger partial charge in [-0.25, -0.2) is 0 Å². The minimum atomic E-state index is -0.266. The van der Waals surface area contributed by atoms with Crippen LogP contribution in [-0.2, 0) is 4.52 Å². The summed E-state index contributed by atoms with van der Waals surface area (Å²) >= 11 is 0. The molecule has 1 aliphatic carbocycles. The first kappa shape index (κ1) is 8.93. The van der Waals surface area contributed by atoms with Gasteiger partial charge in [0.15, 0.2) is 0 Å². The van der Waals surface area contributed by atoms with Crippen LogP contribution in [0.1, 0.15) is 33.1 Å². The van der Waals surface area contributed by atoms with Gasteiger partial charge in [0, 0.05) is 12.6 Å². The van der Waals surface area contributed by atoms with Crippen LogP contribution in [0.25, 0.3) is 0 Å². The average Bonchev–Trinajstić information content (AvgIpc) is 2.75. The molecule has 12 heavy (non-hydrogen) atoms. The molecule has 0 aromatic heterocycles. The predicted octanol–water partition coefficient (Wildman–Crippen LogP) is 2.59. The van der Waals surface area contributed by atoms with Gasteiger partial charge in [-0.1, -0.05) is 6.92 Å². The Morgan fingerprint density at radius 2 is 2.25 bits per heavy atom. The van der Waals surface area contributed by atoms with Gasteiger partial charge in [0.2, 0.25) is 0 Å². The van der Waals surface area contributed by atoms with Crippen molar-refractivity contribution in [1.82, 2.24) is 4.67 Å². The molecule has 0 amide bonds. The molecular formula is C9H18NOP. The lowest BCUT2D eigenvalue weighted by Crippen LogP contribution is -2.32. The maximum atomic E-state index is 6.03. The molecule has 0 aromatic carbocycles. The highest BCUT2D eigenvalue weighted by Crippen LogP contribution is 2.62. The van der Waals surface area contributed by atoms with Crippen LogP contribution in [0.2, 0.25) is 0 Å². The maximum Gasteiger partial charge on any atom is 0.102 e. The van der Waals surface area contributed by atoms with E-state index in [1.807, 2.05) is 0 Å². The van der Waals surface area contributed by atoms with Crippen LogP contribution in [0, 0.1) is 0 Å². The van der Waals surface area contributed by atoms with Gasteiger partial charge in [-0.3, -0.25) is 4.67 Å². The van der Waals surface area contributed by atoms with Gasteiger partial charge in [-0.2, -0.15) is 0 Å². The van der Waals surface area contributed by atoms with Gasteiger partial charge < -0.3 is 4.52 Å². The third-order valence-electron chi connectivity index (χ3n) is 3.08. The van der Waals surface area contributed by atoms with Crippen LogP contribution in [0.5, 0.6) is 0 Å². The quantitative estimate of drug-likeness (QED) is 0.616. The molecule has 1 heterocycles. The first-order valence-electron chi connectivity index (χ1n) is 4.89. The van der Waals surface area contributed by atoms with Crippen molar-refractivity contribution in [3.8, 4) is 0 Å². The van der Waals surface area contributed by atoms with E-state index in [9.17, 15) is 0 Å². The lowest BCUT2D eigenvalue weighted by atomic mass is 10.1. The lowest BCUT2D eigenvalue weighted by Gasteiger charge is -2.22. The largest absolute Gasteiger partial charge is 0.336 e. The minimum Gasteiger partial charge on any atom is -0.336 e. The van der Waals surface area contributed by atoms with E-state index in [1.54, 1.807) is 0 Å². The zero-order chi connectivity index (χ0) is 8.77. The summed E-state index contributed by atoms with van der Waals surface area (Å²) < 4.78 is 8.59. The minimum absolute atomic E-state index is 0.266. The van der Waals surface area contributed by atoms with Crippen molar-refractivity contribution in [3.05, 3.63) is 0 Å². The van der Waals surface area contributed by atoms with Crippen LogP contribution in [0.15, 0.2) is 0 Å². The van der Waals surface area contributed by atoms with Crippen molar-refractivity contribution in [2.45, 2.75) is 44.8 Å². The van der Waals surface area contributed by atoms with Crippen LogP contribution >= 0.6 is 8.30 Å². The van der Waals surface area contributed by atoms with E-state index >= 15 is 0 Å². The molecule has 1 saturated carbocycles. The number of nitrogens with zero attached hydrogens (tertiary/aromatic N) is 1. The first-order chi connectivity index (χ1) is 5.69. The molecule has 1 saturated heterocycles. The highest BCUT2D eigenvalue weighted by Gasteiger charge is 2.57. The summed E-state index contributed by atoms with van der Waals surface area (Å²) in [6, 6.07) is 0.675. The zero-order valence-electron chi connectivity index (χ0n) is 8.21. The van der Waals surface area contributed by atoms with Crippen LogP contribution < -0.4 is 0 Å². The van der Waals surface area contributed by atoms with E-state index in [4.69, 9.17) is 4.52 Å². The monoisotopic (exact) mass is 187 g/mol. The second-order valence-corrected chi connectivity index (χ2v) is 5.58.